The standard InChI is InChI=1S/C15H12FN3/c1-10-14(16)6-7-15(19-10)12-4-2-11(3-5-12)13-8-17-18-9-13/h2-9H,1H3,(H,17,18). The van der Waals surface area contributed by atoms with Crippen molar-refractivity contribution in [3.8, 4) is 22.4 Å². The quantitative estimate of drug-likeness (QED) is 0.758. The second-order valence-electron chi connectivity index (χ2n) is 4.33. The lowest BCUT2D eigenvalue weighted by molar-refractivity contribution is 0.610. The number of aryl methyl sites for hydroxylation is 1. The second kappa shape index (κ2) is 4.65. The Kier molecular flexibility index (Phi) is 2.83. The van der Waals surface area contributed by atoms with E-state index in [1.807, 2.05) is 30.5 Å². The second-order valence-corrected chi connectivity index (χ2v) is 4.33. The zero-order valence-corrected chi connectivity index (χ0v) is 10.4. The van der Waals surface area contributed by atoms with Crippen LogP contribution in [0.1, 0.15) is 5.69 Å². The van der Waals surface area contributed by atoms with E-state index in [1.165, 1.54) is 6.07 Å². The summed E-state index contributed by atoms with van der Waals surface area (Å²) < 4.78 is 13.2. The Morgan fingerprint density at radius 3 is 2.32 bits per heavy atom. The van der Waals surface area contributed by atoms with Crippen LogP contribution in [0.2, 0.25) is 0 Å². The smallest absolute Gasteiger partial charge is 0.144 e. The van der Waals surface area contributed by atoms with Crippen LogP contribution in [-0.4, -0.2) is 15.2 Å². The number of rotatable bonds is 2. The summed E-state index contributed by atoms with van der Waals surface area (Å²) in [6.07, 6.45) is 3.62. The van der Waals surface area contributed by atoms with Crippen molar-refractivity contribution in [1.29, 1.82) is 0 Å². The van der Waals surface area contributed by atoms with Gasteiger partial charge in [-0.1, -0.05) is 24.3 Å². The zero-order chi connectivity index (χ0) is 13.2. The Labute approximate surface area is 110 Å². The van der Waals surface area contributed by atoms with Crippen LogP contribution in [0.5, 0.6) is 0 Å². The fraction of sp³-hybridized carbons (Fsp3) is 0.0667. The van der Waals surface area contributed by atoms with E-state index in [-0.39, 0.29) is 5.82 Å². The van der Waals surface area contributed by atoms with Gasteiger partial charge < -0.3 is 0 Å². The number of halogens is 1. The van der Waals surface area contributed by atoms with Crippen LogP contribution in [0, 0.1) is 12.7 Å². The van der Waals surface area contributed by atoms with Crippen LogP contribution in [0.4, 0.5) is 4.39 Å². The molecule has 3 nitrogen and oxygen atoms in total. The number of benzene rings is 1. The molecule has 2 heterocycles. The molecule has 0 radical (unpaired) electrons. The van der Waals surface area contributed by atoms with Crippen molar-refractivity contribution in [2.24, 2.45) is 0 Å². The maximum atomic E-state index is 13.2. The van der Waals surface area contributed by atoms with Gasteiger partial charge in [-0.3, -0.25) is 10.1 Å². The molecular formula is C15H12FN3. The summed E-state index contributed by atoms with van der Waals surface area (Å²) in [7, 11) is 0. The molecule has 3 aromatic rings. The van der Waals surface area contributed by atoms with Crippen LogP contribution in [0.3, 0.4) is 0 Å². The molecule has 2 aromatic heterocycles. The van der Waals surface area contributed by atoms with Gasteiger partial charge in [0.25, 0.3) is 0 Å². The molecule has 1 aromatic carbocycles. The minimum absolute atomic E-state index is 0.279. The van der Waals surface area contributed by atoms with Gasteiger partial charge in [-0.05, 0) is 24.6 Å². The van der Waals surface area contributed by atoms with Crippen molar-refractivity contribution in [2.75, 3.05) is 0 Å². The van der Waals surface area contributed by atoms with Crippen molar-refractivity contribution in [3.05, 3.63) is 60.3 Å². The molecule has 0 aliphatic carbocycles. The zero-order valence-electron chi connectivity index (χ0n) is 10.4. The predicted molar refractivity (Wildman–Crippen MR) is 71.9 cm³/mol. The summed E-state index contributed by atoms with van der Waals surface area (Å²) in [5.41, 5.74) is 4.27. The first kappa shape index (κ1) is 11.6. The highest BCUT2D eigenvalue weighted by atomic mass is 19.1. The maximum absolute atomic E-state index is 13.2. The summed E-state index contributed by atoms with van der Waals surface area (Å²) in [5, 5.41) is 6.71. The lowest BCUT2D eigenvalue weighted by atomic mass is 10.1. The molecule has 0 amide bonds. The lowest BCUT2D eigenvalue weighted by Gasteiger charge is -2.04. The van der Waals surface area contributed by atoms with Gasteiger partial charge in [-0.2, -0.15) is 5.10 Å². The lowest BCUT2D eigenvalue weighted by Crippen LogP contribution is -1.90. The molecule has 19 heavy (non-hydrogen) atoms. The first-order valence-corrected chi connectivity index (χ1v) is 5.97. The first-order chi connectivity index (χ1) is 9.24. The largest absolute Gasteiger partial charge is 0.285 e. The number of hydrogen-bond acceptors (Lipinski definition) is 2. The van der Waals surface area contributed by atoms with Crippen molar-refractivity contribution < 1.29 is 4.39 Å². The molecule has 0 spiro atoms. The number of hydrogen-bond donors (Lipinski definition) is 1. The third kappa shape index (κ3) is 2.25. The van der Waals surface area contributed by atoms with E-state index in [2.05, 4.69) is 15.2 Å². The van der Waals surface area contributed by atoms with Crippen LogP contribution >= 0.6 is 0 Å². The van der Waals surface area contributed by atoms with E-state index in [0.717, 1.165) is 22.4 Å². The summed E-state index contributed by atoms with van der Waals surface area (Å²) in [5.74, 6) is -0.279. The van der Waals surface area contributed by atoms with Crippen molar-refractivity contribution in [1.82, 2.24) is 15.2 Å². The van der Waals surface area contributed by atoms with Gasteiger partial charge in [0.2, 0.25) is 0 Å². The predicted octanol–water partition coefficient (Wildman–Crippen LogP) is 3.59. The van der Waals surface area contributed by atoms with Gasteiger partial charge in [0.05, 0.1) is 17.6 Å². The van der Waals surface area contributed by atoms with Gasteiger partial charge >= 0.3 is 0 Å². The Morgan fingerprint density at radius 1 is 0.947 bits per heavy atom. The highest BCUT2D eigenvalue weighted by Gasteiger charge is 2.04. The van der Waals surface area contributed by atoms with E-state index in [4.69, 9.17) is 0 Å². The molecule has 0 aliphatic heterocycles. The summed E-state index contributed by atoms with van der Waals surface area (Å²) in [6, 6.07) is 11.1. The topological polar surface area (TPSA) is 41.6 Å². The van der Waals surface area contributed by atoms with E-state index < -0.39 is 0 Å². The molecule has 0 unspecified atom stereocenters. The molecule has 94 valence electrons. The molecule has 0 saturated carbocycles. The van der Waals surface area contributed by atoms with E-state index in [0.29, 0.717) is 5.69 Å². The Bertz CT molecular complexity index is 688. The highest BCUT2D eigenvalue weighted by Crippen LogP contribution is 2.23. The van der Waals surface area contributed by atoms with Gasteiger partial charge in [0.1, 0.15) is 5.82 Å². The SMILES string of the molecule is Cc1nc(-c2ccc(-c3cn[nH]c3)cc2)ccc1F. The number of pyridine rings is 1. The Hall–Kier alpha value is -2.49. The fourth-order valence-corrected chi connectivity index (χ4v) is 1.95. The van der Waals surface area contributed by atoms with Crippen molar-refractivity contribution >= 4 is 0 Å². The van der Waals surface area contributed by atoms with Crippen LogP contribution < -0.4 is 0 Å². The minimum Gasteiger partial charge on any atom is -0.285 e. The van der Waals surface area contributed by atoms with E-state index >= 15 is 0 Å². The number of aromatic nitrogens is 3. The normalized spacial score (nSPS) is 10.6. The molecule has 3 rings (SSSR count). The number of nitrogens with zero attached hydrogens (tertiary/aromatic N) is 2. The van der Waals surface area contributed by atoms with Gasteiger partial charge in [0.15, 0.2) is 0 Å². The highest BCUT2D eigenvalue weighted by molar-refractivity contribution is 5.67. The Balaban J connectivity index is 1.96. The number of H-pyrrole nitrogens is 1. The van der Waals surface area contributed by atoms with Crippen LogP contribution in [0.15, 0.2) is 48.8 Å². The number of aromatic amines is 1. The third-order valence-electron chi connectivity index (χ3n) is 3.03. The Morgan fingerprint density at radius 2 is 1.68 bits per heavy atom. The molecule has 0 fully saturated rings. The molecule has 0 saturated heterocycles. The fourth-order valence-electron chi connectivity index (χ4n) is 1.95. The van der Waals surface area contributed by atoms with E-state index in [1.54, 1.807) is 19.2 Å². The molecule has 4 heteroatoms. The van der Waals surface area contributed by atoms with Crippen molar-refractivity contribution in [2.45, 2.75) is 6.92 Å². The van der Waals surface area contributed by atoms with Crippen LogP contribution in [-0.2, 0) is 0 Å². The van der Waals surface area contributed by atoms with Crippen molar-refractivity contribution in [3.63, 3.8) is 0 Å². The van der Waals surface area contributed by atoms with Crippen LogP contribution in [0.25, 0.3) is 22.4 Å². The third-order valence-corrected chi connectivity index (χ3v) is 3.03. The average Bonchev–Trinajstić information content (AvgIpc) is 2.96. The minimum atomic E-state index is -0.279. The van der Waals surface area contributed by atoms with Gasteiger partial charge in [-0.15, -0.1) is 0 Å². The van der Waals surface area contributed by atoms with E-state index in [9.17, 15) is 4.39 Å². The molecular weight excluding hydrogens is 241 g/mol. The summed E-state index contributed by atoms with van der Waals surface area (Å²) in [4.78, 5) is 4.24. The molecule has 0 bridgehead atoms. The molecule has 1 N–H and O–H groups in total. The molecule has 0 atom stereocenters. The van der Waals surface area contributed by atoms with Gasteiger partial charge in [0, 0.05) is 17.3 Å². The average molecular weight is 253 g/mol. The monoisotopic (exact) mass is 253 g/mol. The summed E-state index contributed by atoms with van der Waals surface area (Å²) >= 11 is 0. The summed E-state index contributed by atoms with van der Waals surface area (Å²) in [6.45, 7) is 1.67. The first-order valence-electron chi connectivity index (χ1n) is 5.97. The van der Waals surface area contributed by atoms with Gasteiger partial charge in [-0.25, -0.2) is 4.39 Å². The number of nitrogens with one attached hydrogen (secondary N) is 1. The molecule has 0 aliphatic rings. The maximum Gasteiger partial charge on any atom is 0.144 e.